The maximum absolute atomic E-state index is 13.9. The number of carbonyl (C=O) groups is 1. The van der Waals surface area contributed by atoms with Crippen molar-refractivity contribution < 1.29 is 36.3 Å². The van der Waals surface area contributed by atoms with Crippen LogP contribution in [0.4, 0.5) is 26.7 Å². The number of alkyl halides is 5. The van der Waals surface area contributed by atoms with Gasteiger partial charge in [-0.05, 0) is 50.6 Å². The molecule has 1 fully saturated rings. The third-order valence-corrected chi connectivity index (χ3v) is 6.44. The SMILES string of the molecule is CC(C)(C)N(Cc1cc2cc(-c3ccc(CN4CCC(F)(F)CC4)cn3)cc(C(F)(F)F)c2o1)C(=O)O. The molecule has 3 aromatic rings. The zero-order valence-corrected chi connectivity index (χ0v) is 20.7. The predicted molar refractivity (Wildman–Crippen MR) is 127 cm³/mol. The number of halogens is 5. The molecule has 0 unspecified atom stereocenters. The molecule has 0 radical (unpaired) electrons. The van der Waals surface area contributed by atoms with Crippen molar-refractivity contribution in [1.82, 2.24) is 14.8 Å². The van der Waals surface area contributed by atoms with E-state index in [2.05, 4.69) is 4.98 Å². The summed E-state index contributed by atoms with van der Waals surface area (Å²) < 4.78 is 74.1. The van der Waals surface area contributed by atoms with Gasteiger partial charge >= 0.3 is 12.3 Å². The maximum atomic E-state index is 13.9. The van der Waals surface area contributed by atoms with Gasteiger partial charge in [-0.25, -0.2) is 13.6 Å². The van der Waals surface area contributed by atoms with E-state index in [0.29, 0.717) is 12.2 Å². The minimum Gasteiger partial charge on any atom is -0.465 e. The second-order valence-electron chi connectivity index (χ2n) is 10.4. The topological polar surface area (TPSA) is 69.8 Å². The fraction of sp³-hybridized carbons (Fsp3) is 0.462. The van der Waals surface area contributed by atoms with Crippen LogP contribution >= 0.6 is 0 Å². The molecule has 1 amide bonds. The molecule has 2 aromatic heterocycles. The Balaban J connectivity index is 1.62. The predicted octanol–water partition coefficient (Wildman–Crippen LogP) is 7.02. The lowest BCUT2D eigenvalue weighted by molar-refractivity contribution is -0.136. The summed E-state index contributed by atoms with van der Waals surface area (Å²) in [6.07, 6.45) is -4.80. The zero-order valence-electron chi connectivity index (χ0n) is 20.7. The number of benzene rings is 1. The van der Waals surface area contributed by atoms with Crippen LogP contribution in [0.25, 0.3) is 22.2 Å². The van der Waals surface area contributed by atoms with Crippen LogP contribution in [0.15, 0.2) is 40.9 Å². The van der Waals surface area contributed by atoms with Gasteiger partial charge in [0.15, 0.2) is 0 Å². The Bertz CT molecular complexity index is 1270. The zero-order chi connectivity index (χ0) is 27.2. The van der Waals surface area contributed by atoms with Crippen LogP contribution in [-0.4, -0.2) is 50.5 Å². The number of aromatic nitrogens is 1. The van der Waals surface area contributed by atoms with Crippen LogP contribution < -0.4 is 0 Å². The number of amides is 1. The van der Waals surface area contributed by atoms with Crippen LogP contribution in [-0.2, 0) is 19.3 Å². The van der Waals surface area contributed by atoms with Crippen LogP contribution in [0.1, 0.15) is 50.5 Å². The third kappa shape index (κ3) is 6.20. The average molecular weight is 526 g/mol. The van der Waals surface area contributed by atoms with Gasteiger partial charge in [-0.3, -0.25) is 14.8 Å². The van der Waals surface area contributed by atoms with Crippen molar-refractivity contribution in [2.75, 3.05) is 13.1 Å². The van der Waals surface area contributed by atoms with Gasteiger partial charge in [-0.15, -0.1) is 0 Å². The van der Waals surface area contributed by atoms with Crippen molar-refractivity contribution in [1.29, 1.82) is 0 Å². The first-order valence-corrected chi connectivity index (χ1v) is 11.8. The number of pyridine rings is 1. The molecular weight excluding hydrogens is 497 g/mol. The molecule has 4 rings (SSSR count). The van der Waals surface area contributed by atoms with Crippen LogP contribution in [0.3, 0.4) is 0 Å². The minimum absolute atomic E-state index is 0.0883. The van der Waals surface area contributed by atoms with Gasteiger partial charge < -0.3 is 9.52 Å². The summed E-state index contributed by atoms with van der Waals surface area (Å²) in [6, 6.07) is 7.22. The second-order valence-corrected chi connectivity index (χ2v) is 10.4. The Morgan fingerprint density at radius 1 is 1.14 bits per heavy atom. The first kappa shape index (κ1) is 26.8. The average Bonchev–Trinajstić information content (AvgIpc) is 3.20. The van der Waals surface area contributed by atoms with E-state index in [4.69, 9.17) is 4.42 Å². The first-order chi connectivity index (χ1) is 17.1. The summed E-state index contributed by atoms with van der Waals surface area (Å²) in [7, 11) is 0. The summed E-state index contributed by atoms with van der Waals surface area (Å²) >= 11 is 0. The summed E-state index contributed by atoms with van der Waals surface area (Å²) in [4.78, 5) is 19.0. The number of furan rings is 1. The van der Waals surface area contributed by atoms with Crippen molar-refractivity contribution in [3.05, 3.63) is 53.4 Å². The van der Waals surface area contributed by atoms with Crippen LogP contribution in [0, 0.1) is 0 Å². The highest BCUT2D eigenvalue weighted by molar-refractivity contribution is 5.87. The maximum Gasteiger partial charge on any atom is 0.420 e. The number of rotatable bonds is 5. The fourth-order valence-corrected chi connectivity index (χ4v) is 4.38. The lowest BCUT2D eigenvalue weighted by Crippen LogP contribution is -2.44. The Labute approximate surface area is 210 Å². The lowest BCUT2D eigenvalue weighted by atomic mass is 10.0. The van der Waals surface area contributed by atoms with Gasteiger partial charge in [0.2, 0.25) is 0 Å². The van der Waals surface area contributed by atoms with E-state index in [1.807, 2.05) is 4.90 Å². The molecular formula is C26H28F5N3O3. The van der Waals surface area contributed by atoms with E-state index in [1.165, 1.54) is 18.3 Å². The van der Waals surface area contributed by atoms with Gasteiger partial charge in [0.25, 0.3) is 5.92 Å². The number of hydrogen-bond donors (Lipinski definition) is 1. The molecule has 0 bridgehead atoms. The highest BCUT2D eigenvalue weighted by Gasteiger charge is 2.36. The van der Waals surface area contributed by atoms with Crippen LogP contribution in [0.2, 0.25) is 0 Å². The fourth-order valence-electron chi connectivity index (χ4n) is 4.38. The molecule has 6 nitrogen and oxygen atoms in total. The second kappa shape index (κ2) is 9.59. The largest absolute Gasteiger partial charge is 0.465 e. The summed E-state index contributed by atoms with van der Waals surface area (Å²) in [5, 5.41) is 9.71. The van der Waals surface area contributed by atoms with Crippen molar-refractivity contribution in [3.63, 3.8) is 0 Å². The molecule has 1 saturated heterocycles. The Morgan fingerprint density at radius 3 is 2.35 bits per heavy atom. The lowest BCUT2D eigenvalue weighted by Gasteiger charge is -2.32. The molecule has 1 aliphatic heterocycles. The van der Waals surface area contributed by atoms with Gasteiger partial charge in [-0.2, -0.15) is 13.2 Å². The molecule has 0 aliphatic carbocycles. The monoisotopic (exact) mass is 525 g/mol. The van der Waals surface area contributed by atoms with E-state index < -0.39 is 29.3 Å². The number of nitrogens with zero attached hydrogens (tertiary/aromatic N) is 3. The van der Waals surface area contributed by atoms with Gasteiger partial charge in [0.05, 0.1) is 17.8 Å². The molecule has 1 aliphatic rings. The van der Waals surface area contributed by atoms with Gasteiger partial charge in [0, 0.05) is 55.2 Å². The molecule has 37 heavy (non-hydrogen) atoms. The third-order valence-electron chi connectivity index (χ3n) is 6.44. The normalized spacial score (nSPS) is 16.8. The number of likely N-dealkylation sites (tertiary alicyclic amines) is 1. The Kier molecular flexibility index (Phi) is 6.96. The standard InChI is InChI=1S/C26H28F5N3O3/c1-24(2,3)34(23(35)36)15-19-11-18-10-17(12-20(22(18)37-19)26(29,30)31)21-5-4-16(13-32-21)14-33-8-6-25(27,28)7-9-33/h4-5,10-13H,6-9,14-15H2,1-3H3,(H,35,36). The molecule has 11 heteroatoms. The van der Waals surface area contributed by atoms with Gasteiger partial charge in [0.1, 0.15) is 11.3 Å². The molecule has 0 atom stereocenters. The number of fused-ring (bicyclic) bond motifs is 1. The number of carboxylic acid groups (broad SMARTS) is 1. The van der Waals surface area contributed by atoms with E-state index in [-0.39, 0.29) is 54.8 Å². The van der Waals surface area contributed by atoms with Crippen molar-refractivity contribution in [2.24, 2.45) is 0 Å². The molecule has 200 valence electrons. The van der Waals surface area contributed by atoms with Crippen molar-refractivity contribution >= 4 is 17.1 Å². The quantitative estimate of drug-likeness (QED) is 0.363. The summed E-state index contributed by atoms with van der Waals surface area (Å²) in [5.41, 5.74) is -0.836. The Morgan fingerprint density at radius 2 is 1.81 bits per heavy atom. The molecule has 1 aromatic carbocycles. The highest BCUT2D eigenvalue weighted by atomic mass is 19.4. The summed E-state index contributed by atoms with van der Waals surface area (Å²) in [6.45, 7) is 5.77. The minimum atomic E-state index is -4.71. The summed E-state index contributed by atoms with van der Waals surface area (Å²) in [5.74, 6) is -2.55. The van der Waals surface area contributed by atoms with E-state index >= 15 is 0 Å². The van der Waals surface area contributed by atoms with E-state index in [9.17, 15) is 31.9 Å². The first-order valence-electron chi connectivity index (χ1n) is 11.8. The van der Waals surface area contributed by atoms with E-state index in [1.54, 1.807) is 32.9 Å². The van der Waals surface area contributed by atoms with E-state index in [0.717, 1.165) is 16.5 Å². The molecule has 0 spiro atoms. The number of piperidine rings is 1. The number of hydrogen-bond acceptors (Lipinski definition) is 4. The van der Waals surface area contributed by atoms with Gasteiger partial charge in [-0.1, -0.05) is 6.07 Å². The molecule has 1 N–H and O–H groups in total. The molecule has 3 heterocycles. The van der Waals surface area contributed by atoms with Crippen LogP contribution in [0.5, 0.6) is 0 Å². The highest BCUT2D eigenvalue weighted by Crippen LogP contribution is 2.39. The smallest absolute Gasteiger partial charge is 0.420 e. The Hall–Kier alpha value is -3.21. The van der Waals surface area contributed by atoms with Crippen molar-refractivity contribution in [3.8, 4) is 11.3 Å². The molecule has 0 saturated carbocycles. The van der Waals surface area contributed by atoms with Crippen molar-refractivity contribution in [2.45, 2.75) is 64.3 Å².